The minimum atomic E-state index is -0.410. The van der Waals surface area contributed by atoms with Crippen LogP contribution in [-0.4, -0.2) is 78.4 Å². The maximum absolute atomic E-state index is 10.6. The van der Waals surface area contributed by atoms with Gasteiger partial charge in [0.25, 0.3) is 0 Å². The summed E-state index contributed by atoms with van der Waals surface area (Å²) in [5.41, 5.74) is 3.50. The van der Waals surface area contributed by atoms with Gasteiger partial charge >= 0.3 is 0 Å². The highest BCUT2D eigenvalue weighted by Crippen LogP contribution is 2.47. The predicted molar refractivity (Wildman–Crippen MR) is 217 cm³/mol. The Bertz CT molecular complexity index is 2300. The number of nitrogens with zero attached hydrogens (tertiary/aromatic N) is 6. The van der Waals surface area contributed by atoms with Crippen LogP contribution in [0.25, 0.3) is 32.6 Å². The predicted octanol–water partition coefficient (Wildman–Crippen LogP) is 8.17. The fraction of sp³-hybridized carbons (Fsp3) is 0.348. The molecule has 3 aromatic heterocycles. The summed E-state index contributed by atoms with van der Waals surface area (Å²) in [6.07, 6.45) is 11.2. The lowest BCUT2D eigenvalue weighted by Gasteiger charge is -2.51. The van der Waals surface area contributed by atoms with E-state index in [2.05, 4.69) is 45.1 Å². The zero-order valence-electron chi connectivity index (χ0n) is 31.3. The molecule has 56 heavy (non-hydrogen) atoms. The van der Waals surface area contributed by atoms with E-state index in [0.29, 0.717) is 35.4 Å². The molecular formula is C46H46N6O4. The molecule has 10 atom stereocenters. The Morgan fingerprint density at radius 1 is 0.625 bits per heavy atom. The van der Waals surface area contributed by atoms with Crippen LogP contribution in [0.2, 0.25) is 0 Å². The van der Waals surface area contributed by atoms with Crippen molar-refractivity contribution in [2.45, 2.75) is 50.0 Å². The van der Waals surface area contributed by atoms with E-state index < -0.39 is 12.2 Å². The number of hydrogen-bond acceptors (Lipinski definition) is 10. The van der Waals surface area contributed by atoms with E-state index in [-0.39, 0.29) is 23.6 Å². The van der Waals surface area contributed by atoms with Gasteiger partial charge in [-0.25, -0.2) is 0 Å². The SMILES string of the molecule is C=CC1CN2CCC1C[C@H]2[C@@H](Oc1nnc(O[C@@H](c2ccnc3ccc(O)cc23)[C@@H]2CC3CCN2CC3C=C)c2ccccc12)c1ccnc2ccc(O)cc12. The van der Waals surface area contributed by atoms with Crippen molar-refractivity contribution in [1.82, 2.24) is 30.0 Å². The number of pyridine rings is 2. The zero-order valence-corrected chi connectivity index (χ0v) is 31.3. The number of piperidine rings is 6. The summed E-state index contributed by atoms with van der Waals surface area (Å²) in [5.74, 6) is 3.15. The van der Waals surface area contributed by atoms with E-state index in [1.165, 1.54) is 0 Å². The van der Waals surface area contributed by atoms with Crippen LogP contribution in [0.15, 0.2) is 111 Å². The van der Waals surface area contributed by atoms with Crippen LogP contribution in [0.3, 0.4) is 0 Å². The topological polar surface area (TPSA) is 117 Å². The van der Waals surface area contributed by atoms with Crippen molar-refractivity contribution in [3.8, 4) is 23.3 Å². The summed E-state index contributed by atoms with van der Waals surface area (Å²) in [6.45, 7) is 12.1. The maximum Gasteiger partial charge on any atom is 0.242 e. The largest absolute Gasteiger partial charge is 0.508 e. The van der Waals surface area contributed by atoms with Gasteiger partial charge in [-0.05, 0) is 123 Å². The molecule has 0 aliphatic carbocycles. The van der Waals surface area contributed by atoms with Gasteiger partial charge in [0, 0.05) is 47.4 Å². The number of phenols is 2. The highest BCUT2D eigenvalue weighted by atomic mass is 16.5. The Labute approximate surface area is 326 Å². The molecule has 12 rings (SSSR count). The summed E-state index contributed by atoms with van der Waals surface area (Å²) < 4.78 is 14.3. The third kappa shape index (κ3) is 6.03. The van der Waals surface area contributed by atoms with Gasteiger partial charge < -0.3 is 19.7 Å². The lowest BCUT2D eigenvalue weighted by Crippen LogP contribution is -2.55. The number of aromatic nitrogens is 4. The molecule has 6 saturated heterocycles. The molecule has 9 heterocycles. The molecule has 6 aromatic rings. The third-order valence-electron chi connectivity index (χ3n) is 13.2. The van der Waals surface area contributed by atoms with Crippen LogP contribution < -0.4 is 9.47 Å². The molecule has 6 aliphatic rings. The number of phenolic OH excluding ortho intramolecular Hbond substituents is 2. The Kier molecular flexibility index (Phi) is 8.83. The fourth-order valence-electron chi connectivity index (χ4n) is 10.4. The standard InChI is InChI=1S/C46H46N6O4/c1-3-27-25-51-19-15-29(27)21-41(51)43(33-13-17-47-39-11-9-31(53)23-37(33)39)55-45-35-7-5-6-8-36(35)46(50-49-45)56-44(42-22-30-16-20-52(42)26-28(30)4-2)34-14-18-48-40-12-10-32(54)24-38(34)40/h3-14,17-18,23-24,27-30,41-44,53-54H,1-2,15-16,19-22,25-26H2/t27?,28?,29?,30?,41-,42-,43-,44-/m0/s1. The Morgan fingerprint density at radius 3 is 1.50 bits per heavy atom. The van der Waals surface area contributed by atoms with Crippen LogP contribution in [0.1, 0.15) is 49.0 Å². The summed E-state index contributed by atoms with van der Waals surface area (Å²) in [7, 11) is 0. The summed E-state index contributed by atoms with van der Waals surface area (Å²) >= 11 is 0. The van der Waals surface area contributed by atoms with E-state index in [1.54, 1.807) is 24.3 Å². The average molecular weight is 747 g/mol. The smallest absolute Gasteiger partial charge is 0.242 e. The molecule has 0 radical (unpaired) electrons. The van der Waals surface area contributed by atoms with E-state index in [9.17, 15) is 10.2 Å². The first kappa shape index (κ1) is 34.9. The number of rotatable bonds is 10. The van der Waals surface area contributed by atoms with Gasteiger partial charge in [0.1, 0.15) is 23.7 Å². The number of ether oxygens (including phenoxy) is 2. The molecule has 4 bridgehead atoms. The van der Waals surface area contributed by atoms with Gasteiger partial charge in [0.15, 0.2) is 0 Å². The molecular weight excluding hydrogens is 701 g/mol. The molecule has 6 fully saturated rings. The van der Waals surface area contributed by atoms with Crippen LogP contribution in [-0.2, 0) is 0 Å². The van der Waals surface area contributed by atoms with Gasteiger partial charge in [0.2, 0.25) is 11.8 Å². The minimum absolute atomic E-state index is 0.0744. The minimum Gasteiger partial charge on any atom is -0.508 e. The monoisotopic (exact) mass is 746 g/mol. The number of hydrogen-bond donors (Lipinski definition) is 2. The van der Waals surface area contributed by atoms with Crippen molar-refractivity contribution >= 4 is 32.6 Å². The van der Waals surface area contributed by atoms with Crippen molar-refractivity contribution in [1.29, 1.82) is 0 Å². The third-order valence-corrected chi connectivity index (χ3v) is 13.2. The highest BCUT2D eigenvalue weighted by molar-refractivity contribution is 5.91. The van der Waals surface area contributed by atoms with E-state index in [1.807, 2.05) is 60.9 Å². The second-order valence-corrected chi connectivity index (χ2v) is 16.1. The van der Waals surface area contributed by atoms with Crippen molar-refractivity contribution in [3.05, 3.63) is 122 Å². The van der Waals surface area contributed by atoms with Gasteiger partial charge in [-0.3, -0.25) is 19.8 Å². The second-order valence-electron chi connectivity index (χ2n) is 16.1. The Balaban J connectivity index is 1.06. The average Bonchev–Trinajstić information content (AvgIpc) is 3.25. The lowest BCUT2D eigenvalue weighted by atomic mass is 9.73. The van der Waals surface area contributed by atoms with Gasteiger partial charge in [0.05, 0.1) is 33.9 Å². The second kappa shape index (κ2) is 14.2. The van der Waals surface area contributed by atoms with E-state index >= 15 is 0 Å². The molecule has 284 valence electrons. The Morgan fingerprint density at radius 2 is 1.09 bits per heavy atom. The number of fused-ring (bicyclic) bond motifs is 9. The van der Waals surface area contributed by atoms with Crippen molar-refractivity contribution < 1.29 is 19.7 Å². The summed E-state index contributed by atoms with van der Waals surface area (Å²) in [5, 5.41) is 34.2. The van der Waals surface area contributed by atoms with Crippen molar-refractivity contribution in [3.63, 3.8) is 0 Å². The van der Waals surface area contributed by atoms with Crippen molar-refractivity contribution in [2.75, 3.05) is 26.2 Å². The van der Waals surface area contributed by atoms with Crippen LogP contribution in [0.5, 0.6) is 23.3 Å². The highest BCUT2D eigenvalue weighted by Gasteiger charge is 2.46. The van der Waals surface area contributed by atoms with Crippen LogP contribution in [0, 0.1) is 23.7 Å². The van der Waals surface area contributed by atoms with Gasteiger partial charge in [-0.1, -0.05) is 24.3 Å². The van der Waals surface area contributed by atoms with Crippen molar-refractivity contribution in [2.24, 2.45) is 23.7 Å². The molecule has 2 N–H and O–H groups in total. The zero-order chi connectivity index (χ0) is 37.9. The first-order chi connectivity index (χ1) is 27.4. The lowest BCUT2D eigenvalue weighted by molar-refractivity contribution is -0.0382. The molecule has 0 saturated carbocycles. The normalized spacial score (nSPS) is 27.9. The van der Waals surface area contributed by atoms with Gasteiger partial charge in [-0.15, -0.1) is 23.4 Å². The summed E-state index contributed by atoms with van der Waals surface area (Å²) in [6, 6.07) is 22.8. The molecule has 6 aliphatic heterocycles. The molecule has 3 aromatic carbocycles. The number of aromatic hydroxyl groups is 2. The molecule has 0 amide bonds. The first-order valence-electron chi connectivity index (χ1n) is 19.9. The Hall–Kier alpha value is -5.58. The van der Waals surface area contributed by atoms with E-state index in [4.69, 9.17) is 19.7 Å². The van der Waals surface area contributed by atoms with Gasteiger partial charge in [-0.2, -0.15) is 0 Å². The maximum atomic E-state index is 10.6. The molecule has 10 nitrogen and oxygen atoms in total. The molecule has 6 unspecified atom stereocenters. The number of benzene rings is 3. The molecule has 0 spiro atoms. The fourth-order valence-corrected chi connectivity index (χ4v) is 10.4. The first-order valence-corrected chi connectivity index (χ1v) is 19.9. The quantitative estimate of drug-likeness (QED) is 0.133. The van der Waals surface area contributed by atoms with Crippen LogP contribution >= 0.6 is 0 Å². The van der Waals surface area contributed by atoms with Crippen LogP contribution in [0.4, 0.5) is 0 Å². The molecule has 10 heteroatoms. The van der Waals surface area contributed by atoms with E-state index in [0.717, 1.165) is 95.6 Å². The summed E-state index contributed by atoms with van der Waals surface area (Å²) in [4.78, 5) is 14.3.